The molecule has 0 atom stereocenters. The second-order valence-electron chi connectivity index (χ2n) is 7.12. The standard InChI is InChI=1S/C21H17F3N3OPS/c1-29(2,28)14-9-7-13(8-10-14)26-20-25-11-17(21(22,23)24)19(27-20)16-12-30-18-6-4-3-5-15(16)18/h3-12H,1-2H3,(H,25,26,27). The molecule has 4 rings (SSSR count). The van der Waals surface area contributed by atoms with Crippen LogP contribution in [-0.4, -0.2) is 23.3 Å². The normalized spacial score (nSPS) is 12.3. The number of rotatable bonds is 4. The number of hydrogen-bond acceptors (Lipinski definition) is 5. The van der Waals surface area contributed by atoms with Gasteiger partial charge >= 0.3 is 6.18 Å². The van der Waals surface area contributed by atoms with Gasteiger partial charge in [-0.25, -0.2) is 9.97 Å². The van der Waals surface area contributed by atoms with Gasteiger partial charge < -0.3 is 9.88 Å². The van der Waals surface area contributed by atoms with Crippen LogP contribution in [0.5, 0.6) is 0 Å². The minimum Gasteiger partial charge on any atom is -0.324 e. The summed E-state index contributed by atoms with van der Waals surface area (Å²) >= 11 is 1.37. The number of hydrogen-bond donors (Lipinski definition) is 1. The molecule has 1 N–H and O–H groups in total. The first-order chi connectivity index (χ1) is 14.1. The summed E-state index contributed by atoms with van der Waals surface area (Å²) in [4.78, 5) is 8.08. The molecule has 0 fully saturated rings. The number of alkyl halides is 3. The van der Waals surface area contributed by atoms with Crippen LogP contribution in [0, 0.1) is 0 Å². The van der Waals surface area contributed by atoms with Crippen LogP contribution >= 0.6 is 18.5 Å². The van der Waals surface area contributed by atoms with E-state index in [1.54, 1.807) is 55.1 Å². The van der Waals surface area contributed by atoms with Crippen LogP contribution in [-0.2, 0) is 10.7 Å². The zero-order chi connectivity index (χ0) is 21.5. The number of benzene rings is 2. The van der Waals surface area contributed by atoms with E-state index in [2.05, 4.69) is 15.3 Å². The Morgan fingerprint density at radius 3 is 2.40 bits per heavy atom. The fraction of sp³-hybridized carbons (Fsp3) is 0.143. The summed E-state index contributed by atoms with van der Waals surface area (Å²) in [6.07, 6.45) is -3.78. The number of nitrogens with one attached hydrogen (secondary N) is 1. The maximum Gasteiger partial charge on any atom is 0.419 e. The molecule has 0 bridgehead atoms. The lowest BCUT2D eigenvalue weighted by Gasteiger charge is -2.14. The van der Waals surface area contributed by atoms with E-state index in [0.717, 1.165) is 10.9 Å². The lowest BCUT2D eigenvalue weighted by Crippen LogP contribution is -2.11. The molecule has 30 heavy (non-hydrogen) atoms. The van der Waals surface area contributed by atoms with Gasteiger partial charge in [0.1, 0.15) is 12.7 Å². The van der Waals surface area contributed by atoms with Crippen LogP contribution in [0.1, 0.15) is 5.56 Å². The Hall–Kier alpha value is -2.70. The van der Waals surface area contributed by atoms with Gasteiger partial charge in [0.25, 0.3) is 0 Å². The zero-order valence-electron chi connectivity index (χ0n) is 16.1. The molecule has 9 heteroatoms. The fourth-order valence-corrected chi connectivity index (χ4v) is 4.86. The molecule has 0 aliphatic heterocycles. The lowest BCUT2D eigenvalue weighted by atomic mass is 10.1. The highest BCUT2D eigenvalue weighted by Crippen LogP contribution is 2.41. The van der Waals surface area contributed by atoms with Crippen molar-refractivity contribution in [3.05, 3.63) is 65.7 Å². The number of halogens is 3. The van der Waals surface area contributed by atoms with Gasteiger partial charge in [0.2, 0.25) is 5.95 Å². The topological polar surface area (TPSA) is 54.9 Å². The molecule has 2 aromatic heterocycles. The summed E-state index contributed by atoms with van der Waals surface area (Å²) in [7, 11) is -2.39. The van der Waals surface area contributed by atoms with Gasteiger partial charge in [-0.2, -0.15) is 13.2 Å². The van der Waals surface area contributed by atoms with Crippen molar-refractivity contribution in [3.8, 4) is 11.3 Å². The minimum absolute atomic E-state index is 0.0530. The molecule has 4 nitrogen and oxygen atoms in total. The zero-order valence-corrected chi connectivity index (χ0v) is 17.8. The van der Waals surface area contributed by atoms with Crippen LogP contribution in [0.15, 0.2) is 60.1 Å². The van der Waals surface area contributed by atoms with Gasteiger partial charge in [-0.3, -0.25) is 0 Å². The SMILES string of the molecule is CP(C)(=O)c1ccc(Nc2ncc(C(F)(F)F)c(-c3csc4ccccc34)n2)cc1. The predicted molar refractivity (Wildman–Crippen MR) is 117 cm³/mol. The maximum absolute atomic E-state index is 13.6. The Balaban J connectivity index is 1.76. The molecule has 4 aromatic rings. The van der Waals surface area contributed by atoms with E-state index in [4.69, 9.17) is 0 Å². The van der Waals surface area contributed by atoms with E-state index < -0.39 is 18.9 Å². The van der Waals surface area contributed by atoms with Crippen molar-refractivity contribution in [2.45, 2.75) is 6.18 Å². The molecular formula is C21H17F3N3OPS. The molecule has 154 valence electrons. The van der Waals surface area contributed by atoms with Crippen LogP contribution in [0.2, 0.25) is 0 Å². The summed E-state index contributed by atoms with van der Waals surface area (Å²) in [5.41, 5.74) is -0.0414. The van der Waals surface area contributed by atoms with Crippen molar-refractivity contribution in [3.63, 3.8) is 0 Å². The molecule has 0 saturated carbocycles. The first kappa shape index (κ1) is 20.6. The molecule has 0 aliphatic rings. The molecule has 0 amide bonds. The quantitative estimate of drug-likeness (QED) is 0.370. The summed E-state index contributed by atoms with van der Waals surface area (Å²) < 4.78 is 53.9. The summed E-state index contributed by atoms with van der Waals surface area (Å²) in [6, 6.07) is 14.1. The van der Waals surface area contributed by atoms with Gasteiger partial charge in [-0.05, 0) is 43.7 Å². The van der Waals surface area contributed by atoms with Crippen LogP contribution < -0.4 is 10.6 Å². The number of anilines is 2. The van der Waals surface area contributed by atoms with E-state index in [-0.39, 0.29) is 11.6 Å². The highest BCUT2D eigenvalue weighted by Gasteiger charge is 2.36. The summed E-state index contributed by atoms with van der Waals surface area (Å²) in [6.45, 7) is 3.34. The summed E-state index contributed by atoms with van der Waals surface area (Å²) in [5, 5.41) is 6.04. The van der Waals surface area contributed by atoms with Crippen LogP contribution in [0.4, 0.5) is 24.8 Å². The molecule has 2 aromatic carbocycles. The van der Waals surface area contributed by atoms with E-state index in [1.165, 1.54) is 11.3 Å². The van der Waals surface area contributed by atoms with Gasteiger partial charge in [0, 0.05) is 38.2 Å². The third-order valence-electron chi connectivity index (χ3n) is 4.58. The van der Waals surface area contributed by atoms with E-state index in [0.29, 0.717) is 21.9 Å². The Bertz CT molecular complexity index is 1260. The van der Waals surface area contributed by atoms with Crippen molar-refractivity contribution >= 4 is 45.5 Å². The molecule has 0 spiro atoms. The van der Waals surface area contributed by atoms with Crippen molar-refractivity contribution < 1.29 is 17.7 Å². The number of aromatic nitrogens is 2. The fourth-order valence-electron chi connectivity index (χ4n) is 3.05. The minimum atomic E-state index is -4.58. The largest absolute Gasteiger partial charge is 0.419 e. The first-order valence-corrected chi connectivity index (χ1v) is 12.4. The maximum atomic E-state index is 13.6. The van der Waals surface area contributed by atoms with Gasteiger partial charge in [0.05, 0.1) is 5.69 Å². The number of fused-ring (bicyclic) bond motifs is 1. The number of thiophene rings is 1. The van der Waals surface area contributed by atoms with Gasteiger partial charge in [-0.1, -0.05) is 18.2 Å². The Labute approximate surface area is 175 Å². The van der Waals surface area contributed by atoms with Crippen molar-refractivity contribution in [2.24, 2.45) is 0 Å². The summed E-state index contributed by atoms with van der Waals surface area (Å²) in [5.74, 6) is 0.0530. The molecule has 0 aliphatic carbocycles. The van der Waals surface area contributed by atoms with Gasteiger partial charge in [-0.15, -0.1) is 11.3 Å². The molecule has 0 unspecified atom stereocenters. The number of nitrogens with zero attached hydrogens (tertiary/aromatic N) is 2. The monoisotopic (exact) mass is 447 g/mol. The molecule has 2 heterocycles. The Morgan fingerprint density at radius 1 is 1.03 bits per heavy atom. The smallest absolute Gasteiger partial charge is 0.324 e. The van der Waals surface area contributed by atoms with Crippen LogP contribution in [0.25, 0.3) is 21.3 Å². The van der Waals surface area contributed by atoms with Crippen molar-refractivity contribution in [1.29, 1.82) is 0 Å². The molecule has 0 radical (unpaired) electrons. The highest BCUT2D eigenvalue weighted by molar-refractivity contribution is 7.70. The van der Waals surface area contributed by atoms with E-state index >= 15 is 0 Å². The second kappa shape index (κ2) is 7.52. The third-order valence-corrected chi connectivity index (χ3v) is 7.08. The van der Waals surface area contributed by atoms with Crippen LogP contribution in [0.3, 0.4) is 0 Å². The van der Waals surface area contributed by atoms with Crippen molar-refractivity contribution in [2.75, 3.05) is 18.6 Å². The average Bonchev–Trinajstić information content (AvgIpc) is 3.11. The lowest BCUT2D eigenvalue weighted by molar-refractivity contribution is -0.137. The third kappa shape index (κ3) is 4.11. The highest BCUT2D eigenvalue weighted by atomic mass is 32.1. The van der Waals surface area contributed by atoms with E-state index in [1.807, 2.05) is 12.1 Å². The average molecular weight is 447 g/mol. The second-order valence-corrected chi connectivity index (χ2v) is 11.3. The Morgan fingerprint density at radius 2 is 1.73 bits per heavy atom. The van der Waals surface area contributed by atoms with Gasteiger partial charge in [0.15, 0.2) is 0 Å². The Kier molecular flexibility index (Phi) is 5.16. The molecule has 0 saturated heterocycles. The first-order valence-electron chi connectivity index (χ1n) is 8.96. The molecular weight excluding hydrogens is 430 g/mol. The van der Waals surface area contributed by atoms with E-state index in [9.17, 15) is 17.7 Å². The predicted octanol–water partition coefficient (Wildman–Crippen LogP) is 6.37. The van der Waals surface area contributed by atoms with Crippen molar-refractivity contribution in [1.82, 2.24) is 9.97 Å².